The lowest BCUT2D eigenvalue weighted by atomic mass is 10.5. The highest BCUT2D eigenvalue weighted by atomic mass is 32.1. The third-order valence-corrected chi connectivity index (χ3v) is 2.43. The number of nitrogens with one attached hydrogen (secondary N) is 1. The molecule has 1 aromatic heterocycles. The summed E-state index contributed by atoms with van der Waals surface area (Å²) in [4.78, 5) is 0. The maximum atomic E-state index is 5.34. The van der Waals surface area contributed by atoms with Crippen LogP contribution in [0.4, 0.5) is 5.00 Å². The van der Waals surface area contributed by atoms with Gasteiger partial charge in [-0.15, -0.1) is 5.10 Å². The maximum absolute atomic E-state index is 5.34. The molecule has 0 aliphatic carbocycles. The molecule has 0 unspecified atom stereocenters. The van der Waals surface area contributed by atoms with Gasteiger partial charge in [0.2, 0.25) is 0 Å². The molecule has 16 heavy (non-hydrogen) atoms. The number of rotatable bonds is 9. The molecule has 0 atom stereocenters. The van der Waals surface area contributed by atoms with E-state index in [1.807, 2.05) is 0 Å². The lowest BCUT2D eigenvalue weighted by Crippen LogP contribution is -2.10. The van der Waals surface area contributed by atoms with Gasteiger partial charge in [0.05, 0.1) is 33.0 Å². The summed E-state index contributed by atoms with van der Waals surface area (Å²) in [5.41, 5.74) is 3.22. The first-order chi connectivity index (χ1) is 7.88. The minimum Gasteiger partial charge on any atom is -0.382 e. The molecule has 0 bridgehead atoms. The van der Waals surface area contributed by atoms with Gasteiger partial charge in [0.25, 0.3) is 0 Å². The van der Waals surface area contributed by atoms with E-state index in [-0.39, 0.29) is 0 Å². The monoisotopic (exact) mass is 248 g/mol. The number of hydrazine groups is 1. The lowest BCUT2D eigenvalue weighted by molar-refractivity contribution is 0.0193. The Labute approximate surface area is 98.0 Å². The van der Waals surface area contributed by atoms with E-state index in [1.165, 1.54) is 11.5 Å². The van der Waals surface area contributed by atoms with E-state index in [4.69, 9.17) is 20.1 Å². The normalized spacial score (nSPS) is 10.6. The van der Waals surface area contributed by atoms with Crippen molar-refractivity contribution in [2.45, 2.75) is 6.61 Å². The van der Waals surface area contributed by atoms with Crippen LogP contribution >= 0.6 is 11.5 Å². The predicted molar refractivity (Wildman–Crippen MR) is 60.1 cm³/mol. The molecule has 0 aliphatic rings. The molecule has 0 saturated carbocycles. The molecule has 7 nitrogen and oxygen atoms in total. The van der Waals surface area contributed by atoms with Crippen molar-refractivity contribution in [2.75, 3.05) is 39.0 Å². The van der Waals surface area contributed by atoms with Crippen LogP contribution in [0.5, 0.6) is 0 Å². The molecule has 0 amide bonds. The van der Waals surface area contributed by atoms with E-state index >= 15 is 0 Å². The zero-order chi connectivity index (χ0) is 11.6. The fraction of sp³-hybridized carbons (Fsp3) is 0.750. The summed E-state index contributed by atoms with van der Waals surface area (Å²) in [7, 11) is 1.64. The molecule has 0 aliphatic heterocycles. The van der Waals surface area contributed by atoms with Crippen molar-refractivity contribution >= 4 is 16.5 Å². The quantitative estimate of drug-likeness (QED) is 0.361. The van der Waals surface area contributed by atoms with Crippen LogP contribution in [0, 0.1) is 0 Å². The molecule has 0 aromatic carbocycles. The zero-order valence-electron chi connectivity index (χ0n) is 9.14. The molecule has 0 radical (unpaired) electrons. The fourth-order valence-corrected chi connectivity index (χ4v) is 1.42. The molecule has 92 valence electrons. The van der Waals surface area contributed by atoms with Gasteiger partial charge in [-0.2, -0.15) is 0 Å². The minimum atomic E-state index is 0.379. The van der Waals surface area contributed by atoms with E-state index in [0.717, 1.165) is 5.00 Å². The van der Waals surface area contributed by atoms with Gasteiger partial charge in [-0.3, -0.25) is 0 Å². The van der Waals surface area contributed by atoms with Gasteiger partial charge in [-0.05, 0) is 0 Å². The number of hydrogen-bond donors (Lipinski definition) is 2. The Kier molecular flexibility index (Phi) is 6.93. The summed E-state index contributed by atoms with van der Waals surface area (Å²) in [5, 5.41) is 4.60. The van der Waals surface area contributed by atoms with E-state index in [0.29, 0.717) is 38.7 Å². The van der Waals surface area contributed by atoms with Crippen LogP contribution in [0.15, 0.2) is 0 Å². The first-order valence-corrected chi connectivity index (χ1v) is 5.58. The van der Waals surface area contributed by atoms with Crippen molar-refractivity contribution in [3.8, 4) is 0 Å². The highest BCUT2D eigenvalue weighted by Gasteiger charge is 2.05. The standard InChI is InChI=1S/C8H16N4O3S/c1-13-2-3-14-4-5-15-6-7-8(10-9)16-12-11-7/h10H,2-6,9H2,1H3. The number of nitrogen functional groups attached to an aromatic ring is 1. The number of methoxy groups -OCH3 is 1. The number of nitrogens with two attached hydrogens (primary N) is 1. The van der Waals surface area contributed by atoms with Crippen LogP contribution in [0.2, 0.25) is 0 Å². The average Bonchev–Trinajstić information content (AvgIpc) is 2.75. The van der Waals surface area contributed by atoms with Crippen LogP contribution in [0.3, 0.4) is 0 Å². The van der Waals surface area contributed by atoms with Crippen LogP contribution < -0.4 is 11.3 Å². The number of nitrogens with zero attached hydrogens (tertiary/aromatic N) is 2. The van der Waals surface area contributed by atoms with E-state index in [2.05, 4.69) is 15.0 Å². The Bertz CT molecular complexity index is 284. The Morgan fingerprint density at radius 1 is 1.25 bits per heavy atom. The number of anilines is 1. The smallest absolute Gasteiger partial charge is 0.149 e. The molecule has 0 spiro atoms. The molecular formula is C8H16N4O3S. The molecule has 1 heterocycles. The van der Waals surface area contributed by atoms with Gasteiger partial charge >= 0.3 is 0 Å². The first-order valence-electron chi connectivity index (χ1n) is 4.80. The zero-order valence-corrected chi connectivity index (χ0v) is 9.96. The van der Waals surface area contributed by atoms with Crippen LogP contribution in [0.1, 0.15) is 5.69 Å². The summed E-state index contributed by atoms with van der Waals surface area (Å²) in [5.74, 6) is 5.27. The van der Waals surface area contributed by atoms with Gasteiger partial charge in [0, 0.05) is 18.6 Å². The first kappa shape index (κ1) is 13.3. The maximum Gasteiger partial charge on any atom is 0.149 e. The van der Waals surface area contributed by atoms with Gasteiger partial charge in [0.1, 0.15) is 10.7 Å². The van der Waals surface area contributed by atoms with Crippen LogP contribution in [0.25, 0.3) is 0 Å². The summed E-state index contributed by atoms with van der Waals surface area (Å²) in [6.07, 6.45) is 0. The fourth-order valence-electron chi connectivity index (χ4n) is 0.944. The second kappa shape index (κ2) is 8.36. The minimum absolute atomic E-state index is 0.379. The largest absolute Gasteiger partial charge is 0.382 e. The predicted octanol–water partition coefficient (Wildman–Crippen LogP) is 0.00330. The molecule has 0 saturated heterocycles. The van der Waals surface area contributed by atoms with Crippen molar-refractivity contribution in [2.24, 2.45) is 5.84 Å². The summed E-state index contributed by atoms with van der Waals surface area (Å²) >= 11 is 1.20. The van der Waals surface area contributed by atoms with Crippen LogP contribution in [-0.4, -0.2) is 43.1 Å². The van der Waals surface area contributed by atoms with E-state index in [1.54, 1.807) is 7.11 Å². The number of ether oxygens (including phenoxy) is 3. The number of hydrogen-bond acceptors (Lipinski definition) is 8. The summed E-state index contributed by atoms with van der Waals surface area (Å²) in [6.45, 7) is 2.59. The van der Waals surface area contributed by atoms with Gasteiger partial charge in [-0.25, -0.2) is 5.84 Å². The summed E-state index contributed by atoms with van der Waals surface area (Å²) < 4.78 is 19.2. The third kappa shape index (κ3) is 4.81. The second-order valence-electron chi connectivity index (χ2n) is 2.85. The highest BCUT2D eigenvalue weighted by Crippen LogP contribution is 2.16. The highest BCUT2D eigenvalue weighted by molar-refractivity contribution is 7.10. The van der Waals surface area contributed by atoms with Crippen molar-refractivity contribution in [1.82, 2.24) is 9.59 Å². The Balaban J connectivity index is 2.03. The molecule has 8 heteroatoms. The lowest BCUT2D eigenvalue weighted by Gasteiger charge is -2.04. The van der Waals surface area contributed by atoms with Crippen molar-refractivity contribution in [3.05, 3.63) is 5.69 Å². The van der Waals surface area contributed by atoms with Gasteiger partial charge in [0.15, 0.2) is 0 Å². The Morgan fingerprint density at radius 3 is 2.75 bits per heavy atom. The molecule has 1 rings (SSSR count). The SMILES string of the molecule is COCCOCCOCc1nnsc1NN. The Morgan fingerprint density at radius 2 is 2.00 bits per heavy atom. The topological polar surface area (TPSA) is 91.5 Å². The average molecular weight is 248 g/mol. The number of aromatic nitrogens is 2. The van der Waals surface area contributed by atoms with Crippen molar-refractivity contribution in [1.29, 1.82) is 0 Å². The molecule has 3 N–H and O–H groups in total. The van der Waals surface area contributed by atoms with Crippen molar-refractivity contribution in [3.63, 3.8) is 0 Å². The van der Waals surface area contributed by atoms with E-state index in [9.17, 15) is 0 Å². The molecule has 1 aromatic rings. The van der Waals surface area contributed by atoms with Gasteiger partial charge in [-0.1, -0.05) is 4.49 Å². The molecule has 0 fully saturated rings. The summed E-state index contributed by atoms with van der Waals surface area (Å²) in [6, 6.07) is 0. The Hall–Kier alpha value is -0.800. The van der Waals surface area contributed by atoms with E-state index < -0.39 is 0 Å². The second-order valence-corrected chi connectivity index (χ2v) is 3.60. The van der Waals surface area contributed by atoms with Crippen molar-refractivity contribution < 1.29 is 14.2 Å². The van der Waals surface area contributed by atoms with Crippen LogP contribution in [-0.2, 0) is 20.8 Å². The van der Waals surface area contributed by atoms with Gasteiger partial charge < -0.3 is 19.6 Å². The third-order valence-electron chi connectivity index (χ3n) is 1.73. The molecular weight excluding hydrogens is 232 g/mol.